The van der Waals surface area contributed by atoms with E-state index in [4.69, 9.17) is 0 Å². The Labute approximate surface area is 126 Å². The topological polar surface area (TPSA) is 34.1 Å². The van der Waals surface area contributed by atoms with Crippen LogP contribution in [0.1, 0.15) is 60.8 Å². The van der Waals surface area contributed by atoms with Crippen molar-refractivity contribution in [2.24, 2.45) is 11.8 Å². The molecule has 4 heteroatoms. The van der Waals surface area contributed by atoms with Crippen molar-refractivity contribution in [2.45, 2.75) is 65.6 Å². The molecule has 0 aliphatic heterocycles. The average molecular weight is 305 g/mol. The van der Waals surface area contributed by atoms with Crippen LogP contribution < -0.4 is 0 Å². The molecule has 19 heavy (non-hydrogen) atoms. The molecule has 0 aromatic carbocycles. The van der Waals surface area contributed by atoms with E-state index in [0.717, 1.165) is 12.2 Å². The van der Waals surface area contributed by atoms with E-state index in [1.165, 1.54) is 0 Å². The lowest BCUT2D eigenvalue weighted by molar-refractivity contribution is -0.122. The highest BCUT2D eigenvalue weighted by atomic mass is 33.1. The Balaban J connectivity index is 3.85. The van der Waals surface area contributed by atoms with Gasteiger partial charge in [0.15, 0.2) is 0 Å². The van der Waals surface area contributed by atoms with Gasteiger partial charge in [-0.15, -0.1) is 0 Å². The van der Waals surface area contributed by atoms with Crippen LogP contribution in [0, 0.1) is 11.8 Å². The third-order valence-corrected chi connectivity index (χ3v) is 6.33. The van der Waals surface area contributed by atoms with Crippen molar-refractivity contribution >= 4 is 33.2 Å². The highest BCUT2D eigenvalue weighted by molar-refractivity contribution is 8.77. The van der Waals surface area contributed by atoms with Crippen LogP contribution in [-0.4, -0.2) is 22.1 Å². The third kappa shape index (κ3) is 9.55. The summed E-state index contributed by atoms with van der Waals surface area (Å²) >= 11 is 0. The van der Waals surface area contributed by atoms with E-state index >= 15 is 0 Å². The van der Waals surface area contributed by atoms with E-state index in [0.29, 0.717) is 24.4 Å². The maximum atomic E-state index is 11.6. The highest BCUT2D eigenvalue weighted by Crippen LogP contribution is 2.39. The van der Waals surface area contributed by atoms with Crippen LogP contribution in [0.3, 0.4) is 0 Å². The number of carbonyl (C=O) groups is 2. The number of Topliss-reactive ketones (excluding diaryl/α,β-unsaturated/α-hetero) is 2. The summed E-state index contributed by atoms with van der Waals surface area (Å²) in [5, 5.41) is 0. The molecule has 0 unspecified atom stereocenters. The van der Waals surface area contributed by atoms with Crippen molar-refractivity contribution in [1.82, 2.24) is 0 Å². The summed E-state index contributed by atoms with van der Waals surface area (Å²) in [6.45, 7) is 12.1. The second-order valence-corrected chi connectivity index (χ2v) is 9.28. The van der Waals surface area contributed by atoms with Gasteiger partial charge in [-0.25, -0.2) is 0 Å². The van der Waals surface area contributed by atoms with Crippen molar-refractivity contribution in [1.29, 1.82) is 0 Å². The molecule has 0 bridgehead atoms. The van der Waals surface area contributed by atoms with Gasteiger partial charge in [-0.05, 0) is 20.3 Å². The molecular formula is C15H28O2S2. The Hall–Kier alpha value is 0.0400. The quantitative estimate of drug-likeness (QED) is 0.430. The van der Waals surface area contributed by atoms with E-state index in [1.807, 2.05) is 27.7 Å². The molecule has 0 spiro atoms. The van der Waals surface area contributed by atoms with Crippen LogP contribution in [-0.2, 0) is 9.59 Å². The van der Waals surface area contributed by atoms with Crippen LogP contribution in [0.25, 0.3) is 0 Å². The molecule has 0 aliphatic carbocycles. The predicted octanol–water partition coefficient (Wildman–Crippen LogP) is 4.77. The molecule has 0 amide bonds. The number of ketones is 2. The molecule has 0 atom stereocenters. The Morgan fingerprint density at radius 3 is 1.89 bits per heavy atom. The van der Waals surface area contributed by atoms with Crippen molar-refractivity contribution in [3.63, 3.8) is 0 Å². The maximum absolute atomic E-state index is 11.6. The minimum atomic E-state index is 0.0933. The van der Waals surface area contributed by atoms with Crippen molar-refractivity contribution in [3.8, 4) is 0 Å². The number of carbonyl (C=O) groups excluding carboxylic acids is 2. The van der Waals surface area contributed by atoms with E-state index < -0.39 is 0 Å². The third-order valence-electron chi connectivity index (χ3n) is 2.98. The first kappa shape index (κ1) is 19.0. The molecule has 0 aromatic rings. The first-order valence-corrected chi connectivity index (χ1v) is 9.33. The molecule has 0 radical (unpaired) electrons. The molecule has 0 aliphatic rings. The fourth-order valence-corrected chi connectivity index (χ4v) is 3.97. The molecule has 0 fully saturated rings. The predicted molar refractivity (Wildman–Crippen MR) is 87.7 cm³/mol. The molecular weight excluding hydrogens is 276 g/mol. The average Bonchev–Trinajstić information content (AvgIpc) is 2.31. The fraction of sp³-hybridized carbons (Fsp3) is 0.867. The Morgan fingerprint density at radius 2 is 1.42 bits per heavy atom. The summed E-state index contributed by atoms with van der Waals surface area (Å²) in [5.41, 5.74) is 0. The molecule has 0 saturated heterocycles. The molecule has 0 heterocycles. The monoisotopic (exact) mass is 304 g/mol. The minimum Gasteiger partial charge on any atom is -0.299 e. The van der Waals surface area contributed by atoms with Gasteiger partial charge in [0.1, 0.15) is 11.6 Å². The van der Waals surface area contributed by atoms with Crippen LogP contribution in [0.2, 0.25) is 0 Å². The first-order valence-electron chi connectivity index (χ1n) is 7.02. The SMILES string of the molecule is CC(C)C(=O)CCSSC(C)(C)CCC(=O)C(C)C. The van der Waals surface area contributed by atoms with Gasteiger partial charge in [0.2, 0.25) is 0 Å². The van der Waals surface area contributed by atoms with Crippen LogP contribution in [0.15, 0.2) is 0 Å². The lowest BCUT2D eigenvalue weighted by atomic mass is 9.99. The van der Waals surface area contributed by atoms with Gasteiger partial charge in [-0.2, -0.15) is 0 Å². The molecule has 0 N–H and O–H groups in total. The molecule has 0 saturated carbocycles. The van der Waals surface area contributed by atoms with Crippen LogP contribution in [0.5, 0.6) is 0 Å². The Bertz CT molecular complexity index is 297. The summed E-state index contributed by atoms with van der Waals surface area (Å²) in [4.78, 5) is 23.1. The van der Waals surface area contributed by atoms with Gasteiger partial charge in [-0.1, -0.05) is 49.3 Å². The summed E-state index contributed by atoms with van der Waals surface area (Å²) < 4.78 is 0.0933. The number of rotatable bonds is 10. The zero-order valence-electron chi connectivity index (χ0n) is 13.1. The standard InChI is InChI=1S/C15H28O2S2/c1-11(2)13(16)7-9-15(5,6)19-18-10-8-14(17)12(3)4/h11-12H,7-10H2,1-6H3. The number of hydrogen-bond acceptors (Lipinski definition) is 4. The van der Waals surface area contributed by atoms with Crippen LogP contribution in [0.4, 0.5) is 0 Å². The maximum Gasteiger partial charge on any atom is 0.136 e. The van der Waals surface area contributed by atoms with Gasteiger partial charge < -0.3 is 0 Å². The highest BCUT2D eigenvalue weighted by Gasteiger charge is 2.21. The smallest absolute Gasteiger partial charge is 0.136 e. The summed E-state index contributed by atoms with van der Waals surface area (Å²) in [6, 6.07) is 0. The van der Waals surface area contributed by atoms with E-state index in [2.05, 4.69) is 13.8 Å². The first-order chi connectivity index (χ1) is 8.65. The normalized spacial score (nSPS) is 12.2. The van der Waals surface area contributed by atoms with E-state index in [9.17, 15) is 9.59 Å². The van der Waals surface area contributed by atoms with Crippen LogP contribution >= 0.6 is 21.6 Å². The zero-order valence-corrected chi connectivity index (χ0v) is 14.7. The van der Waals surface area contributed by atoms with Gasteiger partial charge >= 0.3 is 0 Å². The van der Waals surface area contributed by atoms with Gasteiger partial charge in [0.25, 0.3) is 0 Å². The van der Waals surface area contributed by atoms with Gasteiger partial charge in [0, 0.05) is 35.2 Å². The molecule has 0 aromatic heterocycles. The molecule has 0 rings (SSSR count). The summed E-state index contributed by atoms with van der Waals surface area (Å²) in [7, 11) is 3.55. The van der Waals surface area contributed by atoms with E-state index in [1.54, 1.807) is 21.6 Å². The second-order valence-electron chi connectivity index (χ2n) is 6.16. The number of hydrogen-bond donors (Lipinski definition) is 0. The molecule has 112 valence electrons. The Morgan fingerprint density at radius 1 is 0.947 bits per heavy atom. The van der Waals surface area contributed by atoms with Crippen molar-refractivity contribution in [2.75, 3.05) is 5.75 Å². The fourth-order valence-electron chi connectivity index (χ4n) is 1.39. The lowest BCUT2D eigenvalue weighted by Crippen LogP contribution is -2.17. The van der Waals surface area contributed by atoms with Crippen molar-refractivity contribution < 1.29 is 9.59 Å². The summed E-state index contributed by atoms with van der Waals surface area (Å²) in [5.74, 6) is 1.82. The van der Waals surface area contributed by atoms with Gasteiger partial charge in [0.05, 0.1) is 0 Å². The van der Waals surface area contributed by atoms with Crippen molar-refractivity contribution in [3.05, 3.63) is 0 Å². The molecule has 2 nitrogen and oxygen atoms in total. The Kier molecular flexibility index (Phi) is 9.08. The van der Waals surface area contributed by atoms with E-state index in [-0.39, 0.29) is 16.6 Å². The lowest BCUT2D eigenvalue weighted by Gasteiger charge is -2.23. The minimum absolute atomic E-state index is 0.0933. The largest absolute Gasteiger partial charge is 0.299 e. The summed E-state index contributed by atoms with van der Waals surface area (Å²) in [6.07, 6.45) is 2.21. The van der Waals surface area contributed by atoms with Gasteiger partial charge in [-0.3, -0.25) is 9.59 Å². The second kappa shape index (κ2) is 9.06. The zero-order chi connectivity index (χ0) is 15.1.